The van der Waals surface area contributed by atoms with Crippen LogP contribution in [-0.4, -0.2) is 25.0 Å². The average Bonchev–Trinajstić information content (AvgIpc) is 3.27. The van der Waals surface area contributed by atoms with Gasteiger partial charge in [0, 0.05) is 17.6 Å². The van der Waals surface area contributed by atoms with Crippen molar-refractivity contribution >= 4 is 17.5 Å². The Balaban J connectivity index is 1.66. The van der Waals surface area contributed by atoms with Gasteiger partial charge in [-0.25, -0.2) is 0 Å². The summed E-state index contributed by atoms with van der Waals surface area (Å²) in [5, 5.41) is 7.42. The summed E-state index contributed by atoms with van der Waals surface area (Å²) < 4.78 is 0. The van der Waals surface area contributed by atoms with E-state index in [9.17, 15) is 4.79 Å². The molecule has 21 heavy (non-hydrogen) atoms. The van der Waals surface area contributed by atoms with Crippen LogP contribution in [0.1, 0.15) is 38.2 Å². The molecule has 2 atom stereocenters. The highest BCUT2D eigenvalue weighted by atomic mass is 35.5. The van der Waals surface area contributed by atoms with E-state index in [0.717, 1.165) is 42.9 Å². The Hall–Kier alpha value is -1.06. The van der Waals surface area contributed by atoms with Gasteiger partial charge in [-0.15, -0.1) is 0 Å². The normalized spacial score (nSPS) is 27.7. The minimum absolute atomic E-state index is 0.186. The number of benzene rings is 1. The van der Waals surface area contributed by atoms with Crippen molar-refractivity contribution in [2.45, 2.75) is 44.1 Å². The van der Waals surface area contributed by atoms with Crippen molar-refractivity contribution in [2.75, 3.05) is 13.1 Å². The van der Waals surface area contributed by atoms with Gasteiger partial charge in [-0.05, 0) is 55.8 Å². The van der Waals surface area contributed by atoms with Gasteiger partial charge in [0.05, 0.1) is 5.41 Å². The zero-order valence-corrected chi connectivity index (χ0v) is 13.2. The highest BCUT2D eigenvalue weighted by Gasteiger charge is 2.51. The molecule has 1 amide bonds. The lowest BCUT2D eigenvalue weighted by atomic mass is 9.94. The van der Waals surface area contributed by atoms with E-state index in [0.29, 0.717) is 5.92 Å². The Morgan fingerprint density at radius 3 is 2.62 bits per heavy atom. The SMILES string of the molecule is CC1CCC(NC(=O)C2(c3ccc(Cl)cc3)CC2)CNC1. The minimum atomic E-state index is -0.303. The first-order valence-electron chi connectivity index (χ1n) is 7.88. The van der Waals surface area contributed by atoms with Crippen LogP contribution < -0.4 is 10.6 Å². The summed E-state index contributed by atoms with van der Waals surface area (Å²) >= 11 is 5.94. The van der Waals surface area contributed by atoms with Gasteiger partial charge in [0.2, 0.25) is 5.91 Å². The Kier molecular flexibility index (Phi) is 4.23. The zero-order valence-electron chi connectivity index (χ0n) is 12.5. The standard InChI is InChI=1S/C17H23ClN2O/c1-12-2-7-15(11-19-10-12)20-16(21)17(8-9-17)13-3-5-14(18)6-4-13/h3-6,12,15,19H,2,7-11H2,1H3,(H,20,21). The molecule has 2 aliphatic rings. The maximum atomic E-state index is 12.7. The summed E-state index contributed by atoms with van der Waals surface area (Å²) in [4.78, 5) is 12.7. The Morgan fingerprint density at radius 2 is 1.95 bits per heavy atom. The molecule has 1 heterocycles. The lowest BCUT2D eigenvalue weighted by molar-refractivity contribution is -0.124. The van der Waals surface area contributed by atoms with E-state index >= 15 is 0 Å². The van der Waals surface area contributed by atoms with Gasteiger partial charge in [0.25, 0.3) is 0 Å². The third-order valence-electron chi connectivity index (χ3n) is 4.81. The smallest absolute Gasteiger partial charge is 0.230 e. The third-order valence-corrected chi connectivity index (χ3v) is 5.06. The lowest BCUT2D eigenvalue weighted by Gasteiger charge is -2.21. The van der Waals surface area contributed by atoms with Crippen LogP contribution in [0.2, 0.25) is 5.02 Å². The summed E-state index contributed by atoms with van der Waals surface area (Å²) in [6.07, 6.45) is 4.12. The molecule has 2 fully saturated rings. The molecular formula is C17H23ClN2O. The summed E-state index contributed by atoms with van der Waals surface area (Å²) in [6.45, 7) is 4.19. The van der Waals surface area contributed by atoms with Crippen molar-refractivity contribution < 1.29 is 4.79 Å². The molecule has 2 unspecified atom stereocenters. The maximum absolute atomic E-state index is 12.7. The van der Waals surface area contributed by atoms with E-state index in [1.165, 1.54) is 6.42 Å². The quantitative estimate of drug-likeness (QED) is 0.901. The molecule has 1 saturated carbocycles. The Bertz CT molecular complexity index is 510. The molecule has 1 aliphatic heterocycles. The van der Waals surface area contributed by atoms with Crippen LogP contribution >= 0.6 is 11.6 Å². The Morgan fingerprint density at radius 1 is 1.24 bits per heavy atom. The number of hydrogen-bond donors (Lipinski definition) is 2. The van der Waals surface area contributed by atoms with Gasteiger partial charge in [-0.1, -0.05) is 30.7 Å². The van der Waals surface area contributed by atoms with Gasteiger partial charge >= 0.3 is 0 Å². The van der Waals surface area contributed by atoms with E-state index in [2.05, 4.69) is 17.6 Å². The first kappa shape index (κ1) is 14.9. The van der Waals surface area contributed by atoms with Crippen LogP contribution in [0.25, 0.3) is 0 Å². The molecule has 0 aromatic heterocycles. The fraction of sp³-hybridized carbons (Fsp3) is 0.588. The zero-order chi connectivity index (χ0) is 14.9. The number of carbonyl (C=O) groups excluding carboxylic acids is 1. The molecular weight excluding hydrogens is 284 g/mol. The molecule has 1 aromatic carbocycles. The second-order valence-corrected chi connectivity index (χ2v) is 7.04. The summed E-state index contributed by atoms with van der Waals surface area (Å²) in [7, 11) is 0. The van der Waals surface area contributed by atoms with Crippen molar-refractivity contribution in [2.24, 2.45) is 5.92 Å². The van der Waals surface area contributed by atoms with E-state index in [1.807, 2.05) is 24.3 Å². The van der Waals surface area contributed by atoms with E-state index in [4.69, 9.17) is 11.6 Å². The molecule has 1 saturated heterocycles. The van der Waals surface area contributed by atoms with Crippen molar-refractivity contribution in [3.05, 3.63) is 34.9 Å². The first-order valence-corrected chi connectivity index (χ1v) is 8.26. The van der Waals surface area contributed by atoms with Crippen molar-refractivity contribution in [3.63, 3.8) is 0 Å². The summed E-state index contributed by atoms with van der Waals surface area (Å²) in [5.74, 6) is 0.879. The molecule has 2 N–H and O–H groups in total. The molecule has 3 rings (SSSR count). The summed E-state index contributed by atoms with van der Waals surface area (Å²) in [6, 6.07) is 7.98. The summed E-state index contributed by atoms with van der Waals surface area (Å²) in [5.41, 5.74) is 0.794. The predicted molar refractivity (Wildman–Crippen MR) is 85.6 cm³/mol. The average molecular weight is 307 g/mol. The number of nitrogens with one attached hydrogen (secondary N) is 2. The van der Waals surface area contributed by atoms with Crippen LogP contribution in [0.4, 0.5) is 0 Å². The van der Waals surface area contributed by atoms with Crippen molar-refractivity contribution in [1.29, 1.82) is 0 Å². The lowest BCUT2D eigenvalue weighted by Crippen LogP contribution is -2.45. The molecule has 0 bridgehead atoms. The third kappa shape index (κ3) is 3.24. The highest BCUT2D eigenvalue weighted by molar-refractivity contribution is 6.30. The second-order valence-electron chi connectivity index (χ2n) is 6.60. The molecule has 0 spiro atoms. The maximum Gasteiger partial charge on any atom is 0.230 e. The second kappa shape index (κ2) is 5.98. The number of amides is 1. The van der Waals surface area contributed by atoms with Crippen LogP contribution in [0, 0.1) is 5.92 Å². The molecule has 0 radical (unpaired) electrons. The van der Waals surface area contributed by atoms with Crippen LogP contribution in [0.3, 0.4) is 0 Å². The van der Waals surface area contributed by atoms with E-state index in [-0.39, 0.29) is 17.4 Å². The van der Waals surface area contributed by atoms with Crippen LogP contribution in [-0.2, 0) is 10.2 Å². The predicted octanol–water partition coefficient (Wildman–Crippen LogP) is 2.88. The minimum Gasteiger partial charge on any atom is -0.351 e. The van der Waals surface area contributed by atoms with Gasteiger partial charge in [0.15, 0.2) is 0 Å². The molecule has 1 aromatic rings. The van der Waals surface area contributed by atoms with Gasteiger partial charge in [-0.3, -0.25) is 4.79 Å². The number of halogens is 1. The van der Waals surface area contributed by atoms with Crippen LogP contribution in [0.15, 0.2) is 24.3 Å². The van der Waals surface area contributed by atoms with Gasteiger partial charge < -0.3 is 10.6 Å². The molecule has 3 nitrogen and oxygen atoms in total. The monoisotopic (exact) mass is 306 g/mol. The molecule has 4 heteroatoms. The van der Waals surface area contributed by atoms with Gasteiger partial charge in [0.1, 0.15) is 0 Å². The first-order chi connectivity index (χ1) is 10.1. The Labute approximate surface area is 131 Å². The fourth-order valence-electron chi connectivity index (χ4n) is 3.18. The van der Waals surface area contributed by atoms with E-state index < -0.39 is 0 Å². The molecule has 1 aliphatic carbocycles. The number of rotatable bonds is 3. The topological polar surface area (TPSA) is 41.1 Å². The van der Waals surface area contributed by atoms with Crippen molar-refractivity contribution in [3.8, 4) is 0 Å². The number of carbonyl (C=O) groups is 1. The molecule has 114 valence electrons. The number of hydrogen-bond acceptors (Lipinski definition) is 2. The fourth-order valence-corrected chi connectivity index (χ4v) is 3.31. The van der Waals surface area contributed by atoms with Crippen molar-refractivity contribution in [1.82, 2.24) is 10.6 Å². The van der Waals surface area contributed by atoms with E-state index in [1.54, 1.807) is 0 Å². The largest absolute Gasteiger partial charge is 0.351 e. The van der Waals surface area contributed by atoms with Crippen LogP contribution in [0.5, 0.6) is 0 Å². The highest BCUT2D eigenvalue weighted by Crippen LogP contribution is 2.48. The van der Waals surface area contributed by atoms with Gasteiger partial charge in [-0.2, -0.15) is 0 Å².